The third-order valence-electron chi connectivity index (χ3n) is 2.94. The van der Waals surface area contributed by atoms with Crippen LogP contribution < -0.4 is 0 Å². The molecule has 0 heterocycles. The number of benzene rings is 2. The molecule has 18 heavy (non-hydrogen) atoms. The summed E-state index contributed by atoms with van der Waals surface area (Å²) in [6.45, 7) is 2.06. The molecule has 0 aliphatic rings. The number of phenols is 1. The molecule has 3 heteroatoms. The monoisotopic (exact) mass is 304 g/mol. The number of rotatable bonds is 3. The first kappa shape index (κ1) is 12.8. The second kappa shape index (κ2) is 5.36. The van der Waals surface area contributed by atoms with Gasteiger partial charge in [0.1, 0.15) is 5.75 Å². The Morgan fingerprint density at radius 3 is 2.67 bits per heavy atom. The van der Waals surface area contributed by atoms with Gasteiger partial charge in [0.2, 0.25) is 0 Å². The molecule has 0 aliphatic carbocycles. The van der Waals surface area contributed by atoms with Crippen LogP contribution in [0.1, 0.15) is 27.0 Å². The van der Waals surface area contributed by atoms with E-state index < -0.39 is 0 Å². The van der Waals surface area contributed by atoms with Crippen LogP contribution in [0.3, 0.4) is 0 Å². The Hall–Kier alpha value is -1.61. The standard InChI is InChI=1S/C15H13BrO2/c1-10-4-2-3-5-12(10)6-11-7-13(9-17)15(18)14(16)8-11/h2-5,7-9,18H,6H2,1H3. The topological polar surface area (TPSA) is 37.3 Å². The first-order chi connectivity index (χ1) is 8.61. The molecule has 0 bridgehead atoms. The molecule has 92 valence electrons. The lowest BCUT2D eigenvalue weighted by atomic mass is 9.99. The van der Waals surface area contributed by atoms with Crippen LogP contribution in [0.4, 0.5) is 0 Å². The number of aromatic hydroxyl groups is 1. The lowest BCUT2D eigenvalue weighted by Crippen LogP contribution is -1.94. The van der Waals surface area contributed by atoms with Crippen molar-refractivity contribution < 1.29 is 9.90 Å². The van der Waals surface area contributed by atoms with Gasteiger partial charge in [0.15, 0.2) is 6.29 Å². The predicted molar refractivity (Wildman–Crippen MR) is 75.2 cm³/mol. The maximum atomic E-state index is 10.9. The number of carbonyl (C=O) groups is 1. The van der Waals surface area contributed by atoms with Crippen molar-refractivity contribution in [3.8, 4) is 5.75 Å². The van der Waals surface area contributed by atoms with Crippen molar-refractivity contribution in [1.82, 2.24) is 0 Å². The van der Waals surface area contributed by atoms with Crippen LogP contribution in [-0.4, -0.2) is 11.4 Å². The third-order valence-corrected chi connectivity index (χ3v) is 3.54. The molecule has 2 rings (SSSR count). The second-order valence-corrected chi connectivity index (χ2v) is 5.09. The molecule has 2 aromatic carbocycles. The van der Waals surface area contributed by atoms with Gasteiger partial charge in [0.05, 0.1) is 10.0 Å². The van der Waals surface area contributed by atoms with Crippen LogP contribution in [0.15, 0.2) is 40.9 Å². The first-order valence-corrected chi connectivity index (χ1v) is 6.42. The Morgan fingerprint density at radius 1 is 1.28 bits per heavy atom. The van der Waals surface area contributed by atoms with Gasteiger partial charge in [-0.25, -0.2) is 0 Å². The third kappa shape index (κ3) is 2.62. The van der Waals surface area contributed by atoms with Crippen LogP contribution >= 0.6 is 15.9 Å². The SMILES string of the molecule is Cc1ccccc1Cc1cc(Br)c(O)c(C=O)c1. The second-order valence-electron chi connectivity index (χ2n) is 4.24. The Morgan fingerprint density at radius 2 is 2.00 bits per heavy atom. The maximum absolute atomic E-state index is 10.9. The van der Waals surface area contributed by atoms with E-state index in [1.807, 2.05) is 18.2 Å². The molecular formula is C15H13BrO2. The molecule has 0 amide bonds. The fourth-order valence-electron chi connectivity index (χ4n) is 1.90. The number of phenolic OH excluding ortho intramolecular Hbond substituents is 1. The summed E-state index contributed by atoms with van der Waals surface area (Å²) in [7, 11) is 0. The van der Waals surface area contributed by atoms with Gasteiger partial charge in [0.25, 0.3) is 0 Å². The Balaban J connectivity index is 2.38. The number of aldehydes is 1. The molecule has 0 atom stereocenters. The molecule has 0 saturated heterocycles. The smallest absolute Gasteiger partial charge is 0.153 e. The van der Waals surface area contributed by atoms with E-state index in [4.69, 9.17) is 0 Å². The zero-order chi connectivity index (χ0) is 13.1. The van der Waals surface area contributed by atoms with E-state index in [1.165, 1.54) is 11.1 Å². The highest BCUT2D eigenvalue weighted by Crippen LogP contribution is 2.29. The quantitative estimate of drug-likeness (QED) is 0.874. The normalized spacial score (nSPS) is 10.3. The number of halogens is 1. The molecule has 1 N–H and O–H groups in total. The van der Waals surface area contributed by atoms with E-state index in [9.17, 15) is 9.90 Å². The molecule has 0 fully saturated rings. The summed E-state index contributed by atoms with van der Waals surface area (Å²) in [6.07, 6.45) is 1.41. The summed E-state index contributed by atoms with van der Waals surface area (Å²) < 4.78 is 0.552. The molecule has 2 aromatic rings. The van der Waals surface area contributed by atoms with Crippen molar-refractivity contribution in [2.75, 3.05) is 0 Å². The van der Waals surface area contributed by atoms with Crippen molar-refractivity contribution in [3.63, 3.8) is 0 Å². The number of carbonyl (C=O) groups excluding carboxylic acids is 1. The van der Waals surface area contributed by atoms with Crippen molar-refractivity contribution in [2.24, 2.45) is 0 Å². The van der Waals surface area contributed by atoms with Crippen LogP contribution in [0, 0.1) is 6.92 Å². The minimum Gasteiger partial charge on any atom is -0.506 e. The Labute approximate surface area is 114 Å². The number of hydrogen-bond donors (Lipinski definition) is 1. The minimum absolute atomic E-state index is 0.00136. The van der Waals surface area contributed by atoms with Crippen molar-refractivity contribution in [1.29, 1.82) is 0 Å². The van der Waals surface area contributed by atoms with Gasteiger partial charge in [-0.3, -0.25) is 4.79 Å². The zero-order valence-electron chi connectivity index (χ0n) is 9.98. The summed E-state index contributed by atoms with van der Waals surface area (Å²) >= 11 is 3.26. The van der Waals surface area contributed by atoms with Gasteiger partial charge in [-0.1, -0.05) is 24.3 Å². The number of aryl methyl sites for hydroxylation is 1. The molecule has 0 radical (unpaired) electrons. The van der Waals surface area contributed by atoms with E-state index in [-0.39, 0.29) is 5.75 Å². The van der Waals surface area contributed by atoms with Crippen molar-refractivity contribution >= 4 is 22.2 Å². The fourth-order valence-corrected chi connectivity index (χ4v) is 2.42. The highest BCUT2D eigenvalue weighted by molar-refractivity contribution is 9.10. The van der Waals surface area contributed by atoms with Crippen LogP contribution in [0.25, 0.3) is 0 Å². The molecule has 2 nitrogen and oxygen atoms in total. The first-order valence-electron chi connectivity index (χ1n) is 5.63. The molecule has 0 spiro atoms. The highest BCUT2D eigenvalue weighted by atomic mass is 79.9. The van der Waals surface area contributed by atoms with Crippen molar-refractivity contribution in [2.45, 2.75) is 13.3 Å². The summed E-state index contributed by atoms with van der Waals surface area (Å²) in [4.78, 5) is 10.9. The van der Waals surface area contributed by atoms with E-state index in [0.29, 0.717) is 16.3 Å². The maximum Gasteiger partial charge on any atom is 0.153 e. The lowest BCUT2D eigenvalue weighted by molar-refractivity contribution is 0.112. The Bertz CT molecular complexity index is 591. The summed E-state index contributed by atoms with van der Waals surface area (Å²) in [6, 6.07) is 11.7. The van der Waals surface area contributed by atoms with Crippen molar-refractivity contribution in [3.05, 3.63) is 63.1 Å². The van der Waals surface area contributed by atoms with Crippen LogP contribution in [-0.2, 0) is 6.42 Å². The fraction of sp³-hybridized carbons (Fsp3) is 0.133. The predicted octanol–water partition coefficient (Wildman–Crippen LogP) is 3.87. The van der Waals surface area contributed by atoms with E-state index in [2.05, 4.69) is 35.0 Å². The average Bonchev–Trinajstić information content (AvgIpc) is 2.36. The lowest BCUT2D eigenvalue weighted by Gasteiger charge is -2.08. The summed E-state index contributed by atoms with van der Waals surface area (Å²) in [5.74, 6) is -0.00136. The molecular weight excluding hydrogens is 292 g/mol. The van der Waals surface area contributed by atoms with Gasteiger partial charge in [0, 0.05) is 0 Å². The minimum atomic E-state index is -0.00136. The van der Waals surface area contributed by atoms with E-state index in [1.54, 1.807) is 6.07 Å². The van der Waals surface area contributed by atoms with E-state index >= 15 is 0 Å². The van der Waals surface area contributed by atoms with Gasteiger partial charge in [-0.2, -0.15) is 0 Å². The van der Waals surface area contributed by atoms with E-state index in [0.717, 1.165) is 12.0 Å². The molecule has 0 aromatic heterocycles. The van der Waals surface area contributed by atoms with Gasteiger partial charge in [-0.05, 0) is 58.1 Å². The highest BCUT2D eigenvalue weighted by Gasteiger charge is 2.08. The largest absolute Gasteiger partial charge is 0.506 e. The molecule has 0 unspecified atom stereocenters. The summed E-state index contributed by atoms with van der Waals surface area (Å²) in [5.41, 5.74) is 3.74. The zero-order valence-corrected chi connectivity index (χ0v) is 11.6. The molecule has 0 saturated carbocycles. The Kier molecular flexibility index (Phi) is 3.82. The van der Waals surface area contributed by atoms with Gasteiger partial charge < -0.3 is 5.11 Å². The summed E-state index contributed by atoms with van der Waals surface area (Å²) in [5, 5.41) is 9.66. The van der Waals surface area contributed by atoms with Crippen LogP contribution in [0.5, 0.6) is 5.75 Å². The number of hydrogen-bond acceptors (Lipinski definition) is 2. The average molecular weight is 305 g/mol. The van der Waals surface area contributed by atoms with Gasteiger partial charge in [-0.15, -0.1) is 0 Å². The van der Waals surface area contributed by atoms with Crippen LogP contribution in [0.2, 0.25) is 0 Å². The van der Waals surface area contributed by atoms with Gasteiger partial charge >= 0.3 is 0 Å². The molecule has 0 aliphatic heterocycles.